The SMILES string of the molecule is CCCc1nc(NN)cc(OCCOCC)n1. The van der Waals surface area contributed by atoms with Crippen molar-refractivity contribution in [2.75, 3.05) is 25.2 Å². The average Bonchev–Trinajstić information content (AvgIpc) is 2.35. The first-order chi connectivity index (χ1) is 8.30. The molecule has 0 atom stereocenters. The molecule has 0 saturated carbocycles. The van der Waals surface area contributed by atoms with Gasteiger partial charge in [0.2, 0.25) is 5.88 Å². The minimum absolute atomic E-state index is 0.473. The molecule has 1 heterocycles. The summed E-state index contributed by atoms with van der Waals surface area (Å²) in [7, 11) is 0. The zero-order valence-electron chi connectivity index (χ0n) is 10.4. The van der Waals surface area contributed by atoms with E-state index in [9.17, 15) is 0 Å². The van der Waals surface area contributed by atoms with Gasteiger partial charge in [0.05, 0.1) is 6.61 Å². The van der Waals surface area contributed by atoms with Gasteiger partial charge in [-0.05, 0) is 13.3 Å². The number of hydrogen-bond donors (Lipinski definition) is 2. The summed E-state index contributed by atoms with van der Waals surface area (Å²) in [5, 5.41) is 0. The summed E-state index contributed by atoms with van der Waals surface area (Å²) < 4.78 is 10.6. The maximum absolute atomic E-state index is 5.47. The molecular formula is C11H20N4O2. The van der Waals surface area contributed by atoms with E-state index in [-0.39, 0.29) is 0 Å². The zero-order valence-corrected chi connectivity index (χ0v) is 10.4. The Bertz CT molecular complexity index is 333. The Labute approximate surface area is 102 Å². The van der Waals surface area contributed by atoms with Crippen LogP contribution in [0.3, 0.4) is 0 Å². The molecule has 1 aromatic rings. The summed E-state index contributed by atoms with van der Waals surface area (Å²) in [6.07, 6.45) is 1.78. The van der Waals surface area contributed by atoms with Crippen LogP contribution in [0.4, 0.5) is 5.82 Å². The smallest absolute Gasteiger partial charge is 0.218 e. The molecule has 1 aromatic heterocycles. The first kappa shape index (κ1) is 13.7. The first-order valence-electron chi connectivity index (χ1n) is 5.85. The van der Waals surface area contributed by atoms with Crippen LogP contribution in [-0.2, 0) is 11.2 Å². The van der Waals surface area contributed by atoms with Crippen molar-refractivity contribution in [2.24, 2.45) is 5.84 Å². The standard InChI is InChI=1S/C11H20N4O2/c1-3-5-9-13-10(15-12)8-11(14-9)17-7-6-16-4-2/h8H,3-7,12H2,1-2H3,(H,13,14,15). The fourth-order valence-electron chi connectivity index (χ4n) is 1.31. The van der Waals surface area contributed by atoms with Crippen LogP contribution in [0.5, 0.6) is 5.88 Å². The van der Waals surface area contributed by atoms with Gasteiger partial charge >= 0.3 is 0 Å². The fourth-order valence-corrected chi connectivity index (χ4v) is 1.31. The van der Waals surface area contributed by atoms with Crippen LogP contribution in [-0.4, -0.2) is 29.8 Å². The van der Waals surface area contributed by atoms with Crippen molar-refractivity contribution in [3.8, 4) is 5.88 Å². The first-order valence-corrected chi connectivity index (χ1v) is 5.85. The summed E-state index contributed by atoms with van der Waals surface area (Å²) in [5.41, 5.74) is 2.51. The van der Waals surface area contributed by atoms with E-state index >= 15 is 0 Å². The molecule has 0 aliphatic heterocycles. The van der Waals surface area contributed by atoms with Crippen molar-refractivity contribution in [2.45, 2.75) is 26.7 Å². The van der Waals surface area contributed by atoms with E-state index in [0.717, 1.165) is 18.7 Å². The van der Waals surface area contributed by atoms with Crippen molar-refractivity contribution < 1.29 is 9.47 Å². The lowest BCUT2D eigenvalue weighted by atomic mass is 10.3. The van der Waals surface area contributed by atoms with Gasteiger partial charge in [0.15, 0.2) is 0 Å². The quantitative estimate of drug-likeness (QED) is 0.402. The third kappa shape index (κ3) is 4.97. The van der Waals surface area contributed by atoms with Gasteiger partial charge in [-0.3, -0.25) is 0 Å². The van der Waals surface area contributed by atoms with Crippen LogP contribution < -0.4 is 16.0 Å². The number of aromatic nitrogens is 2. The molecule has 0 radical (unpaired) electrons. The molecule has 96 valence electrons. The Morgan fingerprint density at radius 2 is 2.12 bits per heavy atom. The van der Waals surface area contributed by atoms with Gasteiger partial charge in [0.1, 0.15) is 18.2 Å². The summed E-state index contributed by atoms with van der Waals surface area (Å²) in [6, 6.07) is 1.67. The molecule has 0 aliphatic carbocycles. The number of nitrogens with zero attached hydrogens (tertiary/aromatic N) is 2. The largest absolute Gasteiger partial charge is 0.475 e. The minimum atomic E-state index is 0.473. The van der Waals surface area contributed by atoms with Crippen molar-refractivity contribution in [1.29, 1.82) is 0 Å². The van der Waals surface area contributed by atoms with Gasteiger partial charge in [0.25, 0.3) is 0 Å². The molecule has 0 bridgehead atoms. The molecule has 0 aliphatic rings. The van der Waals surface area contributed by atoms with E-state index < -0.39 is 0 Å². The molecule has 6 heteroatoms. The van der Waals surface area contributed by atoms with Crippen molar-refractivity contribution in [1.82, 2.24) is 9.97 Å². The number of hydrazine groups is 1. The second kappa shape index (κ2) is 7.81. The van der Waals surface area contributed by atoms with E-state index in [1.807, 2.05) is 6.92 Å². The molecule has 3 N–H and O–H groups in total. The van der Waals surface area contributed by atoms with Crippen LogP contribution in [0.2, 0.25) is 0 Å². The van der Waals surface area contributed by atoms with E-state index in [0.29, 0.717) is 31.5 Å². The number of anilines is 1. The van der Waals surface area contributed by atoms with Gasteiger partial charge in [-0.15, -0.1) is 0 Å². The molecule has 0 fully saturated rings. The number of rotatable bonds is 8. The molecule has 1 rings (SSSR count). The number of hydrogen-bond acceptors (Lipinski definition) is 6. The second-order valence-corrected chi connectivity index (χ2v) is 3.45. The lowest BCUT2D eigenvalue weighted by Gasteiger charge is -2.08. The van der Waals surface area contributed by atoms with Crippen LogP contribution in [0.15, 0.2) is 6.07 Å². The summed E-state index contributed by atoms with van der Waals surface area (Å²) in [6.45, 7) is 5.72. The van der Waals surface area contributed by atoms with E-state index in [2.05, 4.69) is 22.3 Å². The van der Waals surface area contributed by atoms with Gasteiger partial charge in [-0.25, -0.2) is 10.8 Å². The molecule has 0 aromatic carbocycles. The van der Waals surface area contributed by atoms with Crippen molar-refractivity contribution in [3.63, 3.8) is 0 Å². The maximum atomic E-state index is 5.47. The van der Waals surface area contributed by atoms with Crippen molar-refractivity contribution >= 4 is 5.82 Å². The molecule has 17 heavy (non-hydrogen) atoms. The van der Waals surface area contributed by atoms with Crippen LogP contribution in [0.25, 0.3) is 0 Å². The molecular weight excluding hydrogens is 220 g/mol. The zero-order chi connectivity index (χ0) is 12.5. The summed E-state index contributed by atoms with van der Waals surface area (Å²) in [5.74, 6) is 7.16. The minimum Gasteiger partial charge on any atom is -0.475 e. The van der Waals surface area contributed by atoms with Crippen LogP contribution >= 0.6 is 0 Å². The third-order valence-electron chi connectivity index (χ3n) is 2.05. The Morgan fingerprint density at radius 3 is 2.76 bits per heavy atom. The fraction of sp³-hybridized carbons (Fsp3) is 0.636. The number of nitrogen functional groups attached to an aromatic ring is 1. The summed E-state index contributed by atoms with van der Waals surface area (Å²) >= 11 is 0. The Hall–Kier alpha value is -1.40. The molecule has 0 saturated heterocycles. The monoisotopic (exact) mass is 240 g/mol. The number of nitrogens with two attached hydrogens (primary N) is 1. The maximum Gasteiger partial charge on any atom is 0.218 e. The van der Waals surface area contributed by atoms with Crippen LogP contribution in [0, 0.1) is 0 Å². The second-order valence-electron chi connectivity index (χ2n) is 3.45. The Balaban J connectivity index is 2.59. The number of aryl methyl sites for hydroxylation is 1. The molecule has 6 nitrogen and oxygen atoms in total. The highest BCUT2D eigenvalue weighted by Gasteiger charge is 2.04. The third-order valence-corrected chi connectivity index (χ3v) is 2.05. The highest BCUT2D eigenvalue weighted by atomic mass is 16.5. The Morgan fingerprint density at radius 1 is 1.29 bits per heavy atom. The average molecular weight is 240 g/mol. The molecule has 0 spiro atoms. The lowest BCUT2D eigenvalue weighted by molar-refractivity contribution is 0.108. The Kier molecular flexibility index (Phi) is 6.27. The van der Waals surface area contributed by atoms with Gasteiger partial charge < -0.3 is 14.9 Å². The van der Waals surface area contributed by atoms with Crippen LogP contribution in [0.1, 0.15) is 26.1 Å². The predicted molar refractivity (Wildman–Crippen MR) is 65.8 cm³/mol. The van der Waals surface area contributed by atoms with E-state index in [1.165, 1.54) is 0 Å². The predicted octanol–water partition coefficient (Wildman–Crippen LogP) is 1.13. The lowest BCUT2D eigenvalue weighted by Crippen LogP contribution is -2.13. The number of ether oxygens (including phenoxy) is 2. The van der Waals surface area contributed by atoms with E-state index in [4.69, 9.17) is 15.3 Å². The van der Waals surface area contributed by atoms with Gasteiger partial charge in [-0.1, -0.05) is 6.92 Å². The molecule has 0 amide bonds. The van der Waals surface area contributed by atoms with Gasteiger partial charge in [0, 0.05) is 19.1 Å². The van der Waals surface area contributed by atoms with Gasteiger partial charge in [-0.2, -0.15) is 4.98 Å². The summed E-state index contributed by atoms with van der Waals surface area (Å²) in [4.78, 5) is 8.51. The highest BCUT2D eigenvalue weighted by molar-refractivity contribution is 5.36. The van der Waals surface area contributed by atoms with E-state index in [1.54, 1.807) is 6.07 Å². The number of nitrogens with one attached hydrogen (secondary N) is 1. The normalized spacial score (nSPS) is 10.3. The molecule has 0 unspecified atom stereocenters. The topological polar surface area (TPSA) is 82.3 Å². The van der Waals surface area contributed by atoms with Crippen molar-refractivity contribution in [3.05, 3.63) is 11.9 Å². The highest BCUT2D eigenvalue weighted by Crippen LogP contribution is 2.13.